The Morgan fingerprint density at radius 3 is 2.59 bits per heavy atom. The fourth-order valence-electron chi connectivity index (χ4n) is 5.20. The van der Waals surface area contributed by atoms with Gasteiger partial charge in [-0.05, 0) is 56.5 Å². The summed E-state index contributed by atoms with van der Waals surface area (Å²) in [7, 11) is 1.63. The summed E-state index contributed by atoms with van der Waals surface area (Å²) in [5.41, 5.74) is 2.16. The number of fused-ring (bicyclic) bond motifs is 3. The highest BCUT2D eigenvalue weighted by Crippen LogP contribution is 2.38. The van der Waals surface area contributed by atoms with E-state index >= 15 is 0 Å². The average Bonchev–Trinajstić information content (AvgIpc) is 3.42. The number of anilines is 1. The van der Waals surface area contributed by atoms with E-state index in [1.807, 2.05) is 66.9 Å². The van der Waals surface area contributed by atoms with Gasteiger partial charge in [-0.3, -0.25) is 14.5 Å². The molecule has 1 aliphatic carbocycles. The number of aromatic nitrogens is 1. The summed E-state index contributed by atoms with van der Waals surface area (Å²) >= 11 is 0. The largest absolute Gasteiger partial charge is 0.497 e. The van der Waals surface area contributed by atoms with Crippen LogP contribution < -0.4 is 15.0 Å². The number of ether oxygens (including phenoxy) is 1. The predicted molar refractivity (Wildman–Crippen MR) is 125 cm³/mol. The van der Waals surface area contributed by atoms with Gasteiger partial charge in [-0.15, -0.1) is 0 Å². The molecule has 0 radical (unpaired) electrons. The van der Waals surface area contributed by atoms with E-state index in [1.165, 1.54) is 0 Å². The summed E-state index contributed by atoms with van der Waals surface area (Å²) < 4.78 is 7.39. The quantitative estimate of drug-likeness (QED) is 0.664. The van der Waals surface area contributed by atoms with Gasteiger partial charge in [-0.25, -0.2) is 0 Å². The molecule has 1 N–H and O–H groups in total. The smallest absolute Gasteiger partial charge is 0.275 e. The van der Waals surface area contributed by atoms with E-state index in [0.717, 1.165) is 53.6 Å². The van der Waals surface area contributed by atoms with Crippen LogP contribution in [0.4, 0.5) is 5.69 Å². The summed E-state index contributed by atoms with van der Waals surface area (Å²) in [6, 6.07) is 15.7. The number of hydrogen-bond donors (Lipinski definition) is 1. The molecule has 2 heterocycles. The van der Waals surface area contributed by atoms with Gasteiger partial charge in [-0.1, -0.05) is 31.0 Å². The van der Waals surface area contributed by atoms with Crippen LogP contribution in [0, 0.1) is 6.92 Å². The molecule has 1 atom stereocenters. The van der Waals surface area contributed by atoms with Gasteiger partial charge in [0.25, 0.3) is 5.91 Å². The van der Waals surface area contributed by atoms with Crippen LogP contribution in [-0.2, 0) is 11.3 Å². The van der Waals surface area contributed by atoms with Crippen molar-refractivity contribution >= 4 is 28.4 Å². The van der Waals surface area contributed by atoms with Crippen LogP contribution in [-0.4, -0.2) is 35.1 Å². The molecule has 2 aliphatic rings. The maximum atomic E-state index is 13.9. The Morgan fingerprint density at radius 1 is 1.12 bits per heavy atom. The predicted octanol–water partition coefficient (Wildman–Crippen LogP) is 4.44. The molecule has 6 nitrogen and oxygen atoms in total. The van der Waals surface area contributed by atoms with Crippen LogP contribution in [0.1, 0.15) is 48.7 Å². The number of carbonyl (C=O) groups is 2. The third kappa shape index (κ3) is 3.17. The number of rotatable bonds is 4. The monoisotopic (exact) mass is 431 g/mol. The molecule has 2 aromatic carbocycles. The normalized spacial score (nSPS) is 21.1. The minimum Gasteiger partial charge on any atom is -0.497 e. The first-order chi connectivity index (χ1) is 15.4. The van der Waals surface area contributed by atoms with Crippen molar-refractivity contribution < 1.29 is 14.3 Å². The van der Waals surface area contributed by atoms with Crippen LogP contribution in [0.15, 0.2) is 48.5 Å². The average molecular weight is 432 g/mol. The molecule has 1 aliphatic heterocycles. The van der Waals surface area contributed by atoms with Crippen molar-refractivity contribution in [3.05, 3.63) is 59.8 Å². The van der Waals surface area contributed by atoms with E-state index in [1.54, 1.807) is 12.0 Å². The highest BCUT2D eigenvalue weighted by Gasteiger charge is 2.49. The lowest BCUT2D eigenvalue weighted by Gasteiger charge is -2.45. The van der Waals surface area contributed by atoms with Gasteiger partial charge in [0.15, 0.2) is 0 Å². The van der Waals surface area contributed by atoms with Gasteiger partial charge in [0.05, 0.1) is 19.2 Å². The molecule has 166 valence electrons. The van der Waals surface area contributed by atoms with Gasteiger partial charge in [-0.2, -0.15) is 0 Å². The summed E-state index contributed by atoms with van der Waals surface area (Å²) in [6.07, 6.45) is 4.26. The van der Waals surface area contributed by atoms with Crippen molar-refractivity contribution in [2.75, 3.05) is 12.0 Å². The lowest BCUT2D eigenvalue weighted by molar-refractivity contribution is -0.127. The second-order valence-corrected chi connectivity index (χ2v) is 9.20. The Kier molecular flexibility index (Phi) is 4.96. The molecule has 5 rings (SSSR count). The molecule has 6 heteroatoms. The second-order valence-electron chi connectivity index (χ2n) is 9.20. The summed E-state index contributed by atoms with van der Waals surface area (Å²) in [5, 5.41) is 4.21. The van der Waals surface area contributed by atoms with Crippen molar-refractivity contribution in [1.82, 2.24) is 9.88 Å². The minimum atomic E-state index is -1.06. The molecule has 32 heavy (non-hydrogen) atoms. The zero-order valence-corrected chi connectivity index (χ0v) is 18.9. The highest BCUT2D eigenvalue weighted by molar-refractivity contribution is 6.14. The maximum absolute atomic E-state index is 13.9. The molecule has 0 saturated heterocycles. The lowest BCUT2D eigenvalue weighted by Crippen LogP contribution is -2.65. The molecule has 0 bridgehead atoms. The molecular weight excluding hydrogens is 402 g/mol. The van der Waals surface area contributed by atoms with Gasteiger partial charge < -0.3 is 14.6 Å². The molecule has 3 aromatic rings. The molecule has 0 unspecified atom stereocenters. The Labute approximate surface area is 188 Å². The van der Waals surface area contributed by atoms with Gasteiger partial charge in [0.2, 0.25) is 5.91 Å². The molecule has 2 amide bonds. The van der Waals surface area contributed by atoms with Gasteiger partial charge in [0, 0.05) is 23.2 Å². The number of nitrogens with one attached hydrogen (secondary N) is 1. The number of benzene rings is 2. The molecule has 1 saturated carbocycles. The first-order valence-electron chi connectivity index (χ1n) is 11.3. The summed E-state index contributed by atoms with van der Waals surface area (Å²) in [5.74, 6) is 0.463. The molecule has 1 fully saturated rings. The van der Waals surface area contributed by atoms with Crippen molar-refractivity contribution in [3.63, 3.8) is 0 Å². The van der Waals surface area contributed by atoms with E-state index in [2.05, 4.69) is 5.32 Å². The van der Waals surface area contributed by atoms with E-state index < -0.39 is 5.54 Å². The lowest BCUT2D eigenvalue weighted by atomic mass is 9.92. The van der Waals surface area contributed by atoms with Crippen LogP contribution >= 0.6 is 0 Å². The zero-order valence-electron chi connectivity index (χ0n) is 18.9. The van der Waals surface area contributed by atoms with Crippen LogP contribution in [0.5, 0.6) is 5.75 Å². The molecule has 0 spiro atoms. The van der Waals surface area contributed by atoms with Gasteiger partial charge >= 0.3 is 0 Å². The Balaban J connectivity index is 1.66. The van der Waals surface area contributed by atoms with Crippen LogP contribution in [0.2, 0.25) is 0 Å². The number of methoxy groups -OCH3 is 1. The number of para-hydroxylation sites is 1. The Hall–Kier alpha value is -3.28. The minimum absolute atomic E-state index is 0.101. The summed E-state index contributed by atoms with van der Waals surface area (Å²) in [6.45, 7) is 4.24. The first kappa shape index (κ1) is 20.6. The number of nitrogens with zero attached hydrogens (tertiary/aromatic N) is 2. The number of aryl methyl sites for hydroxylation is 1. The third-order valence-electron chi connectivity index (χ3n) is 7.03. The van der Waals surface area contributed by atoms with Crippen molar-refractivity contribution in [1.29, 1.82) is 0 Å². The second kappa shape index (κ2) is 7.69. The highest BCUT2D eigenvalue weighted by atomic mass is 16.5. The number of carbonyl (C=O) groups excluding carboxylic acids is 2. The van der Waals surface area contributed by atoms with E-state index in [4.69, 9.17) is 4.74 Å². The van der Waals surface area contributed by atoms with Crippen LogP contribution in [0.25, 0.3) is 10.9 Å². The standard InChI is InChI=1S/C26H29N3O3/c1-17-8-4-7-11-21(17)29-24(30)23-14-18-12-13-20(32-3)15-22(18)28(23)16-26(29,2)25(31)27-19-9-5-6-10-19/h4,7-8,11-15,19H,5-6,9-10,16H2,1-3H3,(H,27,31)/t26-/m1/s1. The Morgan fingerprint density at radius 2 is 1.88 bits per heavy atom. The Bertz CT molecular complexity index is 1210. The van der Waals surface area contributed by atoms with Crippen molar-refractivity contribution in [2.24, 2.45) is 0 Å². The SMILES string of the molecule is COc1ccc2cc3n(c2c1)C[C@](C)(C(=O)NC1CCCC1)N(c1ccccc1C)C3=O. The zero-order chi connectivity index (χ0) is 22.5. The molecular formula is C26H29N3O3. The summed E-state index contributed by atoms with van der Waals surface area (Å²) in [4.78, 5) is 29.4. The number of amides is 2. The van der Waals surface area contributed by atoms with E-state index in [-0.39, 0.29) is 17.9 Å². The molecule has 1 aromatic heterocycles. The van der Waals surface area contributed by atoms with Crippen molar-refractivity contribution in [2.45, 2.75) is 57.7 Å². The first-order valence-corrected chi connectivity index (χ1v) is 11.3. The maximum Gasteiger partial charge on any atom is 0.275 e. The fourth-order valence-corrected chi connectivity index (χ4v) is 5.20. The van der Waals surface area contributed by atoms with E-state index in [9.17, 15) is 9.59 Å². The van der Waals surface area contributed by atoms with E-state index in [0.29, 0.717) is 12.2 Å². The topological polar surface area (TPSA) is 63.6 Å². The number of hydrogen-bond acceptors (Lipinski definition) is 3. The van der Waals surface area contributed by atoms with Gasteiger partial charge in [0.1, 0.15) is 17.0 Å². The fraction of sp³-hybridized carbons (Fsp3) is 0.385. The van der Waals surface area contributed by atoms with Crippen LogP contribution in [0.3, 0.4) is 0 Å². The van der Waals surface area contributed by atoms with Crippen molar-refractivity contribution in [3.8, 4) is 5.75 Å². The third-order valence-corrected chi connectivity index (χ3v) is 7.03.